The van der Waals surface area contributed by atoms with Crippen molar-refractivity contribution >= 4 is 15.8 Å². The first-order valence-electron chi connectivity index (χ1n) is 6.25. The standard InChI is InChI=1S/C14H16N2O4S/c1-9-4-10(2)13(5-12(9)14(17)18)21(19,20)8-11-6-15-16(3)7-11/h4-7H,8H2,1-3H3,(H,17,18). The molecule has 1 heterocycles. The van der Waals surface area contributed by atoms with E-state index in [9.17, 15) is 13.2 Å². The number of nitrogens with zero attached hydrogens (tertiary/aromatic N) is 2. The molecule has 2 rings (SSSR count). The molecule has 0 saturated carbocycles. The minimum Gasteiger partial charge on any atom is -0.478 e. The van der Waals surface area contributed by atoms with Crippen LogP contribution in [0.5, 0.6) is 0 Å². The molecular weight excluding hydrogens is 292 g/mol. The summed E-state index contributed by atoms with van der Waals surface area (Å²) in [6.45, 7) is 3.31. The highest BCUT2D eigenvalue weighted by atomic mass is 32.2. The first-order valence-corrected chi connectivity index (χ1v) is 7.91. The van der Waals surface area contributed by atoms with E-state index in [4.69, 9.17) is 5.11 Å². The van der Waals surface area contributed by atoms with Crippen LogP contribution in [0.3, 0.4) is 0 Å². The molecule has 1 aromatic carbocycles. The van der Waals surface area contributed by atoms with E-state index in [1.807, 2.05) is 0 Å². The number of hydrogen-bond donors (Lipinski definition) is 1. The second-order valence-corrected chi connectivity index (χ2v) is 6.98. The molecule has 0 saturated heterocycles. The van der Waals surface area contributed by atoms with Crippen molar-refractivity contribution in [3.8, 4) is 0 Å². The summed E-state index contributed by atoms with van der Waals surface area (Å²) in [5, 5.41) is 13.1. The molecule has 112 valence electrons. The van der Waals surface area contributed by atoms with Gasteiger partial charge in [0.2, 0.25) is 0 Å². The van der Waals surface area contributed by atoms with E-state index in [1.165, 1.54) is 16.9 Å². The number of aryl methyl sites for hydroxylation is 3. The van der Waals surface area contributed by atoms with Crippen LogP contribution in [0.4, 0.5) is 0 Å². The van der Waals surface area contributed by atoms with Gasteiger partial charge >= 0.3 is 5.97 Å². The highest BCUT2D eigenvalue weighted by Gasteiger charge is 2.21. The molecule has 2 aromatic rings. The number of carboxylic acid groups (broad SMARTS) is 1. The number of hydrogen-bond acceptors (Lipinski definition) is 4. The Morgan fingerprint density at radius 2 is 1.95 bits per heavy atom. The van der Waals surface area contributed by atoms with Crippen LogP contribution in [-0.2, 0) is 22.6 Å². The van der Waals surface area contributed by atoms with Crippen LogP contribution in [-0.4, -0.2) is 29.3 Å². The van der Waals surface area contributed by atoms with E-state index in [0.717, 1.165) is 0 Å². The third-order valence-electron chi connectivity index (χ3n) is 3.20. The van der Waals surface area contributed by atoms with Gasteiger partial charge in [0.05, 0.1) is 22.4 Å². The van der Waals surface area contributed by atoms with Gasteiger partial charge in [-0.1, -0.05) is 6.07 Å². The molecule has 0 amide bonds. The fourth-order valence-electron chi connectivity index (χ4n) is 2.24. The zero-order valence-corrected chi connectivity index (χ0v) is 12.8. The van der Waals surface area contributed by atoms with Gasteiger partial charge in [-0.2, -0.15) is 5.10 Å². The summed E-state index contributed by atoms with van der Waals surface area (Å²) in [7, 11) is -1.92. The van der Waals surface area contributed by atoms with Gasteiger partial charge in [0.15, 0.2) is 9.84 Å². The Morgan fingerprint density at radius 3 is 2.48 bits per heavy atom. The molecule has 1 N–H and O–H groups in total. The molecule has 21 heavy (non-hydrogen) atoms. The lowest BCUT2D eigenvalue weighted by atomic mass is 10.1. The van der Waals surface area contributed by atoms with Gasteiger partial charge in [0.1, 0.15) is 0 Å². The lowest BCUT2D eigenvalue weighted by Gasteiger charge is -2.10. The maximum atomic E-state index is 12.5. The van der Waals surface area contributed by atoms with Crippen LogP contribution in [0.1, 0.15) is 27.0 Å². The van der Waals surface area contributed by atoms with Gasteiger partial charge in [-0.3, -0.25) is 4.68 Å². The zero-order valence-electron chi connectivity index (χ0n) is 12.0. The molecule has 7 heteroatoms. The van der Waals surface area contributed by atoms with Gasteiger partial charge in [0.25, 0.3) is 0 Å². The average molecular weight is 308 g/mol. The van der Waals surface area contributed by atoms with E-state index in [0.29, 0.717) is 16.7 Å². The maximum absolute atomic E-state index is 12.5. The minimum absolute atomic E-state index is 0.00496. The molecule has 0 fully saturated rings. The molecular formula is C14H16N2O4S. The van der Waals surface area contributed by atoms with Crippen LogP contribution < -0.4 is 0 Å². The SMILES string of the molecule is Cc1cc(C)c(S(=O)(=O)Cc2cnn(C)c2)cc1C(=O)O. The number of carboxylic acids is 1. The lowest BCUT2D eigenvalue weighted by Crippen LogP contribution is -2.10. The second-order valence-electron chi connectivity index (χ2n) is 5.02. The number of benzene rings is 1. The quantitative estimate of drug-likeness (QED) is 0.928. The molecule has 6 nitrogen and oxygen atoms in total. The smallest absolute Gasteiger partial charge is 0.335 e. The van der Waals surface area contributed by atoms with E-state index < -0.39 is 15.8 Å². The summed E-state index contributed by atoms with van der Waals surface area (Å²) in [5.74, 6) is -1.34. The normalized spacial score (nSPS) is 11.6. The Kier molecular flexibility index (Phi) is 3.87. The van der Waals surface area contributed by atoms with Crippen molar-refractivity contribution in [1.82, 2.24) is 9.78 Å². The van der Waals surface area contributed by atoms with E-state index in [2.05, 4.69) is 5.10 Å². The van der Waals surface area contributed by atoms with Crippen LogP contribution >= 0.6 is 0 Å². The van der Waals surface area contributed by atoms with E-state index in [1.54, 1.807) is 33.2 Å². The van der Waals surface area contributed by atoms with Crippen LogP contribution in [0.25, 0.3) is 0 Å². The third-order valence-corrected chi connectivity index (χ3v) is 5.03. The van der Waals surface area contributed by atoms with Gasteiger partial charge in [0, 0.05) is 18.8 Å². The summed E-state index contributed by atoms with van der Waals surface area (Å²) >= 11 is 0. The predicted molar refractivity (Wildman–Crippen MR) is 77.0 cm³/mol. The first-order chi connectivity index (χ1) is 9.70. The van der Waals surface area contributed by atoms with E-state index >= 15 is 0 Å². The van der Waals surface area contributed by atoms with Crippen molar-refractivity contribution in [2.75, 3.05) is 0 Å². The average Bonchev–Trinajstić information content (AvgIpc) is 2.72. The summed E-state index contributed by atoms with van der Waals surface area (Å²) in [6.07, 6.45) is 3.11. The predicted octanol–water partition coefficient (Wildman–Crippen LogP) is 1.71. The molecule has 0 aliphatic rings. The fourth-order valence-corrected chi connectivity index (χ4v) is 3.83. The fraction of sp³-hybridized carbons (Fsp3) is 0.286. The van der Waals surface area contributed by atoms with Crippen molar-refractivity contribution < 1.29 is 18.3 Å². The lowest BCUT2D eigenvalue weighted by molar-refractivity contribution is 0.0696. The summed E-state index contributed by atoms with van der Waals surface area (Å²) in [4.78, 5) is 11.2. The Morgan fingerprint density at radius 1 is 1.29 bits per heavy atom. The van der Waals surface area contributed by atoms with Gasteiger partial charge < -0.3 is 5.11 Å². The van der Waals surface area contributed by atoms with Crippen molar-refractivity contribution in [3.63, 3.8) is 0 Å². The second kappa shape index (κ2) is 5.33. The topological polar surface area (TPSA) is 89.3 Å². The van der Waals surface area contributed by atoms with Crippen LogP contribution in [0.15, 0.2) is 29.4 Å². The summed E-state index contributed by atoms with van der Waals surface area (Å²) in [5.41, 5.74) is 1.65. The number of rotatable bonds is 4. The number of aromatic carboxylic acids is 1. The number of sulfone groups is 1. The first kappa shape index (κ1) is 15.2. The Hall–Kier alpha value is -2.15. The highest BCUT2D eigenvalue weighted by Crippen LogP contribution is 2.24. The minimum atomic E-state index is -3.62. The zero-order chi connectivity index (χ0) is 15.8. The van der Waals surface area contributed by atoms with Crippen molar-refractivity contribution in [3.05, 3.63) is 46.8 Å². The number of carbonyl (C=O) groups is 1. The summed E-state index contributed by atoms with van der Waals surface area (Å²) in [6, 6.07) is 2.82. The molecule has 0 aliphatic heterocycles. The Balaban J connectivity index is 2.49. The maximum Gasteiger partial charge on any atom is 0.335 e. The van der Waals surface area contributed by atoms with Gasteiger partial charge in [-0.25, -0.2) is 13.2 Å². The third kappa shape index (κ3) is 3.13. The van der Waals surface area contributed by atoms with Crippen molar-refractivity contribution in [2.24, 2.45) is 7.05 Å². The Labute approximate surface area is 123 Å². The van der Waals surface area contributed by atoms with Gasteiger partial charge in [-0.15, -0.1) is 0 Å². The Bertz CT molecular complexity index is 806. The molecule has 0 bridgehead atoms. The van der Waals surface area contributed by atoms with Crippen LogP contribution in [0, 0.1) is 13.8 Å². The largest absolute Gasteiger partial charge is 0.478 e. The molecule has 0 unspecified atom stereocenters. The summed E-state index contributed by atoms with van der Waals surface area (Å²) < 4.78 is 26.5. The molecule has 0 aliphatic carbocycles. The molecule has 0 atom stereocenters. The highest BCUT2D eigenvalue weighted by molar-refractivity contribution is 7.90. The van der Waals surface area contributed by atoms with Gasteiger partial charge in [-0.05, 0) is 31.0 Å². The molecule has 0 radical (unpaired) electrons. The van der Waals surface area contributed by atoms with E-state index in [-0.39, 0.29) is 16.2 Å². The van der Waals surface area contributed by atoms with Crippen molar-refractivity contribution in [2.45, 2.75) is 24.5 Å². The molecule has 0 spiro atoms. The molecule has 1 aromatic heterocycles. The van der Waals surface area contributed by atoms with Crippen LogP contribution in [0.2, 0.25) is 0 Å². The van der Waals surface area contributed by atoms with Crippen molar-refractivity contribution in [1.29, 1.82) is 0 Å². The number of aromatic nitrogens is 2. The monoisotopic (exact) mass is 308 g/mol.